The van der Waals surface area contributed by atoms with Crippen LogP contribution in [0.5, 0.6) is 0 Å². The number of hydrogen-bond donors (Lipinski definition) is 4. The summed E-state index contributed by atoms with van der Waals surface area (Å²) in [6.07, 6.45) is 0.451. The van der Waals surface area contributed by atoms with Crippen molar-refractivity contribution in [3.63, 3.8) is 0 Å². The van der Waals surface area contributed by atoms with Gasteiger partial charge in [0.15, 0.2) is 11.2 Å². The van der Waals surface area contributed by atoms with Crippen molar-refractivity contribution in [3.8, 4) is 0 Å². The number of furan rings is 1. The second-order valence-corrected chi connectivity index (χ2v) is 5.31. The Balaban J connectivity index is 2.10. The predicted molar refractivity (Wildman–Crippen MR) is 84.7 cm³/mol. The second kappa shape index (κ2) is 6.34. The van der Waals surface area contributed by atoms with E-state index >= 15 is 0 Å². The van der Waals surface area contributed by atoms with E-state index in [2.05, 4.69) is 15.3 Å². The molecule has 0 bridgehead atoms. The molecule has 10 heteroatoms. The lowest BCUT2D eigenvalue weighted by Crippen LogP contribution is -2.30. The summed E-state index contributed by atoms with van der Waals surface area (Å²) in [4.78, 5) is 30.4. The van der Waals surface area contributed by atoms with Crippen molar-refractivity contribution in [1.82, 2.24) is 19.1 Å². The number of H-pyrrole nitrogens is 1. The van der Waals surface area contributed by atoms with Crippen LogP contribution in [0.1, 0.15) is 5.76 Å². The zero-order valence-corrected chi connectivity index (χ0v) is 12.9. The van der Waals surface area contributed by atoms with Crippen molar-refractivity contribution < 1.29 is 14.6 Å². The molecule has 24 heavy (non-hydrogen) atoms. The fourth-order valence-electron chi connectivity index (χ4n) is 2.40. The minimum absolute atomic E-state index is 0.0607. The van der Waals surface area contributed by atoms with E-state index in [0.29, 0.717) is 12.3 Å². The fourth-order valence-corrected chi connectivity index (χ4v) is 2.40. The molecule has 3 heterocycles. The predicted octanol–water partition coefficient (Wildman–Crippen LogP) is -1.02. The van der Waals surface area contributed by atoms with Gasteiger partial charge in [-0.3, -0.25) is 14.3 Å². The SMILES string of the molecule is Cn1c(=O)[nH]c(=O)c2c1nc(NCc1ccco1)n2C[C@H](O)CO. The first-order valence-electron chi connectivity index (χ1n) is 7.26. The molecule has 0 aliphatic rings. The molecule has 4 N–H and O–H groups in total. The molecule has 0 fully saturated rings. The monoisotopic (exact) mass is 335 g/mol. The maximum Gasteiger partial charge on any atom is 0.329 e. The lowest BCUT2D eigenvalue weighted by molar-refractivity contribution is 0.0824. The summed E-state index contributed by atoms with van der Waals surface area (Å²) in [5, 5.41) is 21.8. The van der Waals surface area contributed by atoms with Crippen molar-refractivity contribution in [2.75, 3.05) is 11.9 Å². The van der Waals surface area contributed by atoms with Gasteiger partial charge >= 0.3 is 5.69 Å². The number of aliphatic hydroxyl groups excluding tert-OH is 2. The molecule has 0 aliphatic heterocycles. The van der Waals surface area contributed by atoms with Gasteiger partial charge in [-0.25, -0.2) is 4.79 Å². The highest BCUT2D eigenvalue weighted by atomic mass is 16.3. The van der Waals surface area contributed by atoms with E-state index in [1.807, 2.05) is 0 Å². The summed E-state index contributed by atoms with van der Waals surface area (Å²) in [6, 6.07) is 3.51. The van der Waals surface area contributed by atoms with Gasteiger partial charge in [-0.1, -0.05) is 0 Å². The Labute approximate surface area is 135 Å². The summed E-state index contributed by atoms with van der Waals surface area (Å²) >= 11 is 0. The average Bonchev–Trinajstić information content (AvgIpc) is 3.18. The van der Waals surface area contributed by atoms with Gasteiger partial charge in [-0.05, 0) is 12.1 Å². The Hall–Kier alpha value is -2.85. The van der Waals surface area contributed by atoms with Crippen molar-refractivity contribution in [2.45, 2.75) is 19.2 Å². The number of aryl methyl sites for hydroxylation is 1. The quantitative estimate of drug-likeness (QED) is 0.452. The van der Waals surface area contributed by atoms with Crippen molar-refractivity contribution >= 4 is 17.1 Å². The zero-order chi connectivity index (χ0) is 17.3. The van der Waals surface area contributed by atoms with E-state index < -0.39 is 24.0 Å². The maximum absolute atomic E-state index is 12.2. The van der Waals surface area contributed by atoms with Crippen LogP contribution in [0.25, 0.3) is 11.2 Å². The Morgan fingerprint density at radius 3 is 2.92 bits per heavy atom. The third kappa shape index (κ3) is 2.84. The molecular formula is C14H17N5O5. The first kappa shape index (κ1) is 16.0. The molecule has 0 spiro atoms. The fraction of sp³-hybridized carbons (Fsp3) is 0.357. The van der Waals surface area contributed by atoms with Crippen molar-refractivity contribution in [3.05, 3.63) is 45.0 Å². The molecule has 10 nitrogen and oxygen atoms in total. The summed E-state index contributed by atoms with van der Waals surface area (Å²) < 4.78 is 7.86. The molecular weight excluding hydrogens is 318 g/mol. The van der Waals surface area contributed by atoms with Crippen LogP contribution in [0, 0.1) is 0 Å². The van der Waals surface area contributed by atoms with Gasteiger partial charge < -0.3 is 24.5 Å². The normalized spacial score (nSPS) is 12.6. The molecule has 0 unspecified atom stereocenters. The number of nitrogens with zero attached hydrogens (tertiary/aromatic N) is 3. The van der Waals surface area contributed by atoms with E-state index in [9.17, 15) is 14.7 Å². The number of aromatic amines is 1. The Morgan fingerprint density at radius 2 is 2.25 bits per heavy atom. The zero-order valence-electron chi connectivity index (χ0n) is 12.9. The van der Waals surface area contributed by atoms with Gasteiger partial charge in [-0.2, -0.15) is 4.98 Å². The Morgan fingerprint density at radius 1 is 1.46 bits per heavy atom. The number of rotatable bonds is 6. The number of fused-ring (bicyclic) bond motifs is 1. The Kier molecular flexibility index (Phi) is 4.23. The van der Waals surface area contributed by atoms with Crippen LogP contribution >= 0.6 is 0 Å². The van der Waals surface area contributed by atoms with Gasteiger partial charge in [0.25, 0.3) is 5.56 Å². The van der Waals surface area contributed by atoms with Gasteiger partial charge in [-0.15, -0.1) is 0 Å². The summed E-state index contributed by atoms with van der Waals surface area (Å²) in [5.41, 5.74) is -0.892. The molecule has 0 saturated carbocycles. The molecule has 0 amide bonds. The van der Waals surface area contributed by atoms with E-state index in [1.54, 1.807) is 12.1 Å². The molecule has 0 saturated heterocycles. The standard InChI is InChI=1S/C14H17N5O5/c1-18-11-10(12(22)17-14(18)23)19(6-8(21)7-20)13(16-11)15-5-9-3-2-4-24-9/h2-4,8,20-21H,5-7H2,1H3,(H,15,16)(H,17,22,23)/t8-/m0/s1. The van der Waals surface area contributed by atoms with Gasteiger partial charge in [0.05, 0.1) is 32.1 Å². The number of imidazole rings is 1. The van der Waals surface area contributed by atoms with E-state index in [0.717, 1.165) is 0 Å². The van der Waals surface area contributed by atoms with E-state index in [1.165, 1.54) is 22.4 Å². The number of nitrogens with one attached hydrogen (secondary N) is 2. The second-order valence-electron chi connectivity index (χ2n) is 5.31. The Bertz CT molecular complexity index is 952. The third-order valence-electron chi connectivity index (χ3n) is 3.61. The largest absolute Gasteiger partial charge is 0.467 e. The first-order chi connectivity index (χ1) is 11.5. The highest BCUT2D eigenvalue weighted by Crippen LogP contribution is 2.17. The topological polar surface area (TPSA) is 138 Å². The number of aliphatic hydroxyl groups is 2. The van der Waals surface area contributed by atoms with Crippen LogP contribution < -0.4 is 16.6 Å². The molecule has 3 rings (SSSR count). The number of aromatic nitrogens is 4. The van der Waals surface area contributed by atoms with Gasteiger partial charge in [0.2, 0.25) is 5.95 Å². The molecule has 1 atom stereocenters. The summed E-state index contributed by atoms with van der Waals surface area (Å²) in [6.45, 7) is -0.229. The van der Waals surface area contributed by atoms with Gasteiger partial charge in [0, 0.05) is 7.05 Å². The average molecular weight is 335 g/mol. The third-order valence-corrected chi connectivity index (χ3v) is 3.61. The van der Waals surface area contributed by atoms with Crippen LogP contribution in [0.3, 0.4) is 0 Å². The minimum atomic E-state index is -1.08. The number of hydrogen-bond acceptors (Lipinski definition) is 7. The molecule has 3 aromatic heterocycles. The highest BCUT2D eigenvalue weighted by Gasteiger charge is 2.19. The number of anilines is 1. The van der Waals surface area contributed by atoms with Crippen LogP contribution in [0.15, 0.2) is 32.4 Å². The van der Waals surface area contributed by atoms with E-state index in [-0.39, 0.29) is 23.7 Å². The van der Waals surface area contributed by atoms with Crippen molar-refractivity contribution in [2.24, 2.45) is 7.05 Å². The van der Waals surface area contributed by atoms with Gasteiger partial charge in [0.1, 0.15) is 5.76 Å². The maximum atomic E-state index is 12.2. The van der Waals surface area contributed by atoms with E-state index in [4.69, 9.17) is 9.52 Å². The van der Waals surface area contributed by atoms with Crippen LogP contribution in [0.4, 0.5) is 5.95 Å². The van der Waals surface area contributed by atoms with Crippen LogP contribution in [-0.4, -0.2) is 42.0 Å². The smallest absolute Gasteiger partial charge is 0.329 e. The molecule has 128 valence electrons. The first-order valence-corrected chi connectivity index (χ1v) is 7.26. The summed E-state index contributed by atoms with van der Waals surface area (Å²) in [7, 11) is 1.48. The summed E-state index contributed by atoms with van der Waals surface area (Å²) in [5.74, 6) is 0.930. The van der Waals surface area contributed by atoms with Crippen LogP contribution in [0.2, 0.25) is 0 Å². The van der Waals surface area contributed by atoms with Crippen LogP contribution in [-0.2, 0) is 20.1 Å². The molecule has 3 aromatic rings. The lowest BCUT2D eigenvalue weighted by Gasteiger charge is -2.12. The molecule has 0 radical (unpaired) electrons. The molecule has 0 aliphatic carbocycles. The molecule has 0 aromatic carbocycles. The highest BCUT2D eigenvalue weighted by molar-refractivity contribution is 5.74. The lowest BCUT2D eigenvalue weighted by atomic mass is 10.3. The minimum Gasteiger partial charge on any atom is -0.467 e. The van der Waals surface area contributed by atoms with Crippen molar-refractivity contribution in [1.29, 1.82) is 0 Å².